The van der Waals surface area contributed by atoms with Gasteiger partial charge in [0.05, 0.1) is 7.11 Å². The number of carbonyl (C=O) groups excluding carboxylic acids is 1. The van der Waals surface area contributed by atoms with Crippen LogP contribution in [0.4, 0.5) is 5.69 Å². The Morgan fingerprint density at radius 2 is 2.00 bits per heavy atom. The molecule has 1 aromatic heterocycles. The summed E-state index contributed by atoms with van der Waals surface area (Å²) in [5, 5.41) is 7.49. The highest BCUT2D eigenvalue weighted by molar-refractivity contribution is 7.08. The third kappa shape index (κ3) is 3.49. The van der Waals surface area contributed by atoms with E-state index in [0.717, 1.165) is 17.1 Å². The second kappa shape index (κ2) is 6.76. The molecule has 0 aliphatic heterocycles. The fourth-order valence-electron chi connectivity index (χ4n) is 2.02. The third-order valence-electron chi connectivity index (χ3n) is 3.14. The molecule has 7 heteroatoms. The minimum Gasteiger partial charge on any atom is -0.497 e. The summed E-state index contributed by atoms with van der Waals surface area (Å²) in [5.74, 6) is 0.430. The van der Waals surface area contributed by atoms with Gasteiger partial charge < -0.3 is 10.1 Å². The molecule has 0 aliphatic carbocycles. The van der Waals surface area contributed by atoms with E-state index in [9.17, 15) is 4.79 Å². The second-order valence-electron chi connectivity index (χ2n) is 4.64. The van der Waals surface area contributed by atoms with E-state index in [1.165, 1.54) is 0 Å². The van der Waals surface area contributed by atoms with Gasteiger partial charge in [-0.15, -0.1) is 5.10 Å². The summed E-state index contributed by atoms with van der Waals surface area (Å²) in [6.07, 6.45) is 0. The molecule has 0 fully saturated rings. The Balaban J connectivity index is 1.87. The van der Waals surface area contributed by atoms with Crippen LogP contribution >= 0.6 is 23.1 Å². The number of nitrogens with zero attached hydrogens (tertiary/aromatic N) is 2. The lowest BCUT2D eigenvalue weighted by Crippen LogP contribution is -2.11. The van der Waals surface area contributed by atoms with Crippen LogP contribution in [0.1, 0.15) is 9.67 Å². The number of anilines is 1. The van der Waals surface area contributed by atoms with Crippen molar-refractivity contribution in [3.05, 3.63) is 58.4 Å². The molecule has 2 aromatic carbocycles. The number of methoxy groups -OCH3 is 1. The van der Waals surface area contributed by atoms with Crippen LogP contribution in [0.15, 0.2) is 48.5 Å². The van der Waals surface area contributed by atoms with Crippen molar-refractivity contribution in [3.8, 4) is 17.0 Å². The van der Waals surface area contributed by atoms with E-state index in [0.29, 0.717) is 27.0 Å². The maximum atomic E-state index is 12.5. The zero-order valence-corrected chi connectivity index (χ0v) is 13.7. The molecule has 3 aromatic rings. The van der Waals surface area contributed by atoms with Crippen molar-refractivity contribution < 1.29 is 9.53 Å². The zero-order chi connectivity index (χ0) is 16.2. The lowest BCUT2D eigenvalue weighted by Gasteiger charge is -2.06. The number of benzene rings is 2. The molecule has 0 spiro atoms. The monoisotopic (exact) mass is 345 g/mol. The van der Waals surface area contributed by atoms with Gasteiger partial charge in [-0.2, -0.15) is 0 Å². The molecule has 0 aliphatic rings. The number of aromatic nitrogens is 2. The molecule has 1 N–H and O–H groups in total. The van der Waals surface area contributed by atoms with Gasteiger partial charge in [-0.05, 0) is 47.9 Å². The second-order valence-corrected chi connectivity index (χ2v) is 5.83. The van der Waals surface area contributed by atoms with Gasteiger partial charge in [-0.25, -0.2) is 0 Å². The Morgan fingerprint density at radius 1 is 1.22 bits per heavy atom. The molecule has 1 amide bonds. The predicted octanol–water partition coefficient (Wildman–Crippen LogP) is 4.12. The molecule has 5 nitrogen and oxygen atoms in total. The summed E-state index contributed by atoms with van der Waals surface area (Å²) < 4.78 is 9.10. The van der Waals surface area contributed by atoms with E-state index in [1.54, 1.807) is 31.4 Å². The van der Waals surface area contributed by atoms with Crippen molar-refractivity contribution in [3.63, 3.8) is 0 Å². The van der Waals surface area contributed by atoms with Crippen LogP contribution in [-0.2, 0) is 0 Å². The number of rotatable bonds is 4. The van der Waals surface area contributed by atoms with Crippen molar-refractivity contribution >= 4 is 34.7 Å². The van der Waals surface area contributed by atoms with Crippen LogP contribution in [0.2, 0.25) is 5.02 Å². The fourth-order valence-corrected chi connectivity index (χ4v) is 2.73. The average Bonchev–Trinajstić information content (AvgIpc) is 3.07. The van der Waals surface area contributed by atoms with Gasteiger partial charge in [0.15, 0.2) is 0 Å². The highest BCUT2D eigenvalue weighted by atomic mass is 35.5. The van der Waals surface area contributed by atoms with Crippen molar-refractivity contribution in [1.29, 1.82) is 0 Å². The summed E-state index contributed by atoms with van der Waals surface area (Å²) in [5.41, 5.74) is 1.96. The topological polar surface area (TPSA) is 64.1 Å². The number of ether oxygens (including phenoxy) is 1. The van der Waals surface area contributed by atoms with Crippen LogP contribution in [0, 0.1) is 0 Å². The zero-order valence-electron chi connectivity index (χ0n) is 12.1. The molecule has 116 valence electrons. The first kappa shape index (κ1) is 15.5. The first-order chi connectivity index (χ1) is 11.2. The molecular formula is C16H12ClN3O2S. The van der Waals surface area contributed by atoms with E-state index in [2.05, 4.69) is 14.9 Å². The highest BCUT2D eigenvalue weighted by Crippen LogP contribution is 2.27. The molecule has 0 saturated carbocycles. The Hall–Kier alpha value is -2.44. The number of hydrogen-bond donors (Lipinski definition) is 1. The van der Waals surface area contributed by atoms with Crippen LogP contribution in [-0.4, -0.2) is 22.6 Å². The Labute approximate surface area is 142 Å². The molecule has 1 heterocycles. The summed E-state index contributed by atoms with van der Waals surface area (Å²) in [7, 11) is 1.59. The van der Waals surface area contributed by atoms with Gasteiger partial charge in [0, 0.05) is 16.3 Å². The highest BCUT2D eigenvalue weighted by Gasteiger charge is 2.18. The SMILES string of the molecule is COc1cccc(-c2nnsc2C(=O)Nc2ccc(Cl)cc2)c1. The lowest BCUT2D eigenvalue weighted by atomic mass is 10.1. The summed E-state index contributed by atoms with van der Waals surface area (Å²) >= 11 is 6.89. The van der Waals surface area contributed by atoms with Crippen LogP contribution in [0.5, 0.6) is 5.75 Å². The van der Waals surface area contributed by atoms with E-state index in [1.807, 2.05) is 24.3 Å². The summed E-state index contributed by atoms with van der Waals surface area (Å²) in [6, 6.07) is 14.2. The molecule has 0 bridgehead atoms. The van der Waals surface area contributed by atoms with E-state index < -0.39 is 0 Å². The summed E-state index contributed by atoms with van der Waals surface area (Å²) in [6.45, 7) is 0. The number of amides is 1. The van der Waals surface area contributed by atoms with Crippen LogP contribution in [0.25, 0.3) is 11.3 Å². The van der Waals surface area contributed by atoms with Crippen LogP contribution in [0.3, 0.4) is 0 Å². The van der Waals surface area contributed by atoms with Gasteiger partial charge in [0.1, 0.15) is 16.3 Å². The maximum Gasteiger partial charge on any atom is 0.269 e. The largest absolute Gasteiger partial charge is 0.497 e. The van der Waals surface area contributed by atoms with Gasteiger partial charge >= 0.3 is 0 Å². The van der Waals surface area contributed by atoms with Crippen molar-refractivity contribution in [2.75, 3.05) is 12.4 Å². The quantitative estimate of drug-likeness (QED) is 0.772. The smallest absolute Gasteiger partial charge is 0.269 e. The fraction of sp³-hybridized carbons (Fsp3) is 0.0625. The minimum absolute atomic E-state index is 0.264. The first-order valence-electron chi connectivity index (χ1n) is 6.71. The average molecular weight is 346 g/mol. The maximum absolute atomic E-state index is 12.5. The number of hydrogen-bond acceptors (Lipinski definition) is 5. The predicted molar refractivity (Wildman–Crippen MR) is 91.3 cm³/mol. The Morgan fingerprint density at radius 3 is 2.74 bits per heavy atom. The molecular weight excluding hydrogens is 334 g/mol. The molecule has 0 atom stereocenters. The Bertz CT molecular complexity index is 833. The van der Waals surface area contributed by atoms with Crippen molar-refractivity contribution in [2.45, 2.75) is 0 Å². The molecule has 3 rings (SSSR count). The van der Waals surface area contributed by atoms with Crippen LogP contribution < -0.4 is 10.1 Å². The Kier molecular flexibility index (Phi) is 4.55. The molecule has 0 radical (unpaired) electrons. The van der Waals surface area contributed by atoms with Gasteiger partial charge in [0.25, 0.3) is 5.91 Å². The lowest BCUT2D eigenvalue weighted by molar-refractivity contribution is 0.103. The molecule has 0 saturated heterocycles. The van der Waals surface area contributed by atoms with E-state index in [4.69, 9.17) is 16.3 Å². The molecule has 0 unspecified atom stereocenters. The van der Waals surface area contributed by atoms with Crippen molar-refractivity contribution in [1.82, 2.24) is 9.59 Å². The minimum atomic E-state index is -0.264. The number of halogens is 1. The summed E-state index contributed by atoms with van der Waals surface area (Å²) in [4.78, 5) is 12.9. The van der Waals surface area contributed by atoms with Gasteiger partial charge in [0.2, 0.25) is 0 Å². The van der Waals surface area contributed by atoms with E-state index in [-0.39, 0.29) is 5.91 Å². The standard InChI is InChI=1S/C16H12ClN3O2S/c1-22-13-4-2-3-10(9-13)14-15(23-20-19-14)16(21)18-12-7-5-11(17)6-8-12/h2-9H,1H3,(H,18,21). The molecule has 23 heavy (non-hydrogen) atoms. The number of nitrogens with one attached hydrogen (secondary N) is 1. The van der Waals surface area contributed by atoms with Gasteiger partial charge in [-0.3, -0.25) is 4.79 Å². The van der Waals surface area contributed by atoms with E-state index >= 15 is 0 Å². The number of carbonyl (C=O) groups is 1. The van der Waals surface area contributed by atoms with Gasteiger partial charge in [-0.1, -0.05) is 28.2 Å². The third-order valence-corrected chi connectivity index (χ3v) is 4.12. The normalized spacial score (nSPS) is 10.3. The first-order valence-corrected chi connectivity index (χ1v) is 7.86. The van der Waals surface area contributed by atoms with Crippen molar-refractivity contribution in [2.24, 2.45) is 0 Å².